The van der Waals surface area contributed by atoms with E-state index in [0.717, 1.165) is 44.3 Å². The number of pyridine rings is 1. The van der Waals surface area contributed by atoms with Gasteiger partial charge in [-0.25, -0.2) is 0 Å². The van der Waals surface area contributed by atoms with Gasteiger partial charge < -0.3 is 24.5 Å². The molecule has 1 aliphatic rings. The number of ether oxygens (including phenoxy) is 3. The predicted molar refractivity (Wildman–Crippen MR) is 116 cm³/mol. The summed E-state index contributed by atoms with van der Waals surface area (Å²) in [4.78, 5) is 30.2. The number of rotatable bonds is 10. The van der Waals surface area contributed by atoms with Crippen LogP contribution in [0.4, 0.5) is 0 Å². The summed E-state index contributed by atoms with van der Waals surface area (Å²) in [5.41, 5.74) is 0.185. The van der Waals surface area contributed by atoms with E-state index in [-0.39, 0.29) is 11.5 Å². The number of amides is 1. The number of hydrogen-bond acceptors (Lipinski definition) is 6. The van der Waals surface area contributed by atoms with Crippen molar-refractivity contribution in [2.45, 2.75) is 26.2 Å². The van der Waals surface area contributed by atoms with Crippen LogP contribution in [0, 0.1) is 0 Å². The highest BCUT2D eigenvalue weighted by molar-refractivity contribution is 5.98. The monoisotopic (exact) mass is 417 g/mol. The number of carbonyl (C=O) groups excluding carboxylic acids is 1. The van der Waals surface area contributed by atoms with E-state index >= 15 is 0 Å². The van der Waals surface area contributed by atoms with Crippen LogP contribution < -0.4 is 20.3 Å². The van der Waals surface area contributed by atoms with Gasteiger partial charge in [-0.15, -0.1) is 0 Å². The van der Waals surface area contributed by atoms with Gasteiger partial charge >= 0.3 is 0 Å². The highest BCUT2D eigenvalue weighted by atomic mass is 16.5. The number of H-pyrrole nitrogens is 1. The number of methoxy groups -OCH3 is 1. The minimum atomic E-state index is -0.446. The van der Waals surface area contributed by atoms with Crippen LogP contribution in [0.25, 0.3) is 10.9 Å². The maximum Gasteiger partial charge on any atom is 0.261 e. The fourth-order valence-corrected chi connectivity index (χ4v) is 3.48. The summed E-state index contributed by atoms with van der Waals surface area (Å²) in [6, 6.07) is 5.21. The van der Waals surface area contributed by atoms with Gasteiger partial charge in [0.25, 0.3) is 11.5 Å². The molecule has 2 N–H and O–H groups in total. The maximum absolute atomic E-state index is 12.6. The van der Waals surface area contributed by atoms with Crippen molar-refractivity contribution in [3.05, 3.63) is 34.1 Å². The Kier molecular flexibility index (Phi) is 8.10. The van der Waals surface area contributed by atoms with Gasteiger partial charge in [0.2, 0.25) is 0 Å². The Bertz CT molecular complexity index is 906. The minimum Gasteiger partial charge on any atom is -0.493 e. The zero-order valence-corrected chi connectivity index (χ0v) is 17.8. The molecule has 8 nitrogen and oxygen atoms in total. The molecule has 2 aromatic rings. The standard InChI is InChI=1S/C22H31N3O5/c1-3-4-5-12-30-20-18(28-2)7-6-16-15-17(22(27)24-19(16)20)21(26)23-8-9-25-10-13-29-14-11-25/h6-7,15H,3-5,8-14H2,1-2H3,(H,23,26)(H,24,27). The quantitative estimate of drug-likeness (QED) is 0.576. The number of hydrogen-bond donors (Lipinski definition) is 2. The molecule has 30 heavy (non-hydrogen) atoms. The highest BCUT2D eigenvalue weighted by Gasteiger charge is 2.17. The summed E-state index contributed by atoms with van der Waals surface area (Å²) in [5, 5.41) is 3.56. The Labute approximate surface area is 176 Å². The molecule has 1 amide bonds. The van der Waals surface area contributed by atoms with E-state index in [0.29, 0.717) is 43.4 Å². The lowest BCUT2D eigenvalue weighted by Crippen LogP contribution is -2.42. The SMILES string of the molecule is CCCCCOc1c(OC)ccc2cc(C(=O)NCCN3CCOCC3)c(=O)[nH]c12. The molecule has 0 unspecified atom stereocenters. The maximum atomic E-state index is 12.6. The Hall–Kier alpha value is -2.58. The average Bonchev–Trinajstić information content (AvgIpc) is 2.77. The number of aromatic nitrogens is 1. The van der Waals surface area contributed by atoms with Crippen molar-refractivity contribution >= 4 is 16.8 Å². The number of nitrogens with zero attached hydrogens (tertiary/aromatic N) is 1. The third-order valence-electron chi connectivity index (χ3n) is 5.21. The van der Waals surface area contributed by atoms with Crippen molar-refractivity contribution in [1.82, 2.24) is 15.2 Å². The van der Waals surface area contributed by atoms with Crippen LogP contribution in [-0.4, -0.2) is 68.9 Å². The van der Waals surface area contributed by atoms with Crippen molar-refractivity contribution in [2.75, 3.05) is 53.1 Å². The first-order valence-electron chi connectivity index (χ1n) is 10.6. The number of fused-ring (bicyclic) bond motifs is 1. The van der Waals surface area contributed by atoms with Crippen molar-refractivity contribution < 1.29 is 19.0 Å². The molecule has 0 aliphatic carbocycles. The first-order valence-corrected chi connectivity index (χ1v) is 10.6. The Morgan fingerprint density at radius 1 is 1.27 bits per heavy atom. The third-order valence-corrected chi connectivity index (χ3v) is 5.21. The molecule has 1 aromatic carbocycles. The van der Waals surface area contributed by atoms with Crippen molar-refractivity contribution in [3.8, 4) is 11.5 Å². The molecule has 0 spiro atoms. The van der Waals surface area contributed by atoms with E-state index in [9.17, 15) is 9.59 Å². The second kappa shape index (κ2) is 11.0. The molecule has 0 bridgehead atoms. The van der Waals surface area contributed by atoms with Gasteiger partial charge in [-0.1, -0.05) is 19.8 Å². The minimum absolute atomic E-state index is 0.0894. The number of unbranched alkanes of at least 4 members (excludes halogenated alkanes) is 2. The van der Waals surface area contributed by atoms with Crippen molar-refractivity contribution in [1.29, 1.82) is 0 Å². The molecule has 1 saturated heterocycles. The molecule has 8 heteroatoms. The Balaban J connectivity index is 1.73. The summed E-state index contributed by atoms with van der Waals surface area (Å²) < 4.78 is 16.6. The number of benzene rings is 1. The first kappa shape index (κ1) is 22.1. The van der Waals surface area contributed by atoms with Crippen LogP contribution >= 0.6 is 0 Å². The van der Waals surface area contributed by atoms with E-state index in [4.69, 9.17) is 14.2 Å². The van der Waals surface area contributed by atoms with Gasteiger partial charge in [0.05, 0.1) is 32.4 Å². The molecular formula is C22H31N3O5. The molecule has 0 saturated carbocycles. The fourth-order valence-electron chi connectivity index (χ4n) is 3.48. The molecule has 0 radical (unpaired) electrons. The Morgan fingerprint density at radius 2 is 2.07 bits per heavy atom. The third kappa shape index (κ3) is 5.52. The van der Waals surface area contributed by atoms with Gasteiger partial charge in [0.1, 0.15) is 5.56 Å². The molecule has 1 aliphatic heterocycles. The lowest BCUT2D eigenvalue weighted by atomic mass is 10.1. The van der Waals surface area contributed by atoms with Crippen LogP contribution in [0.5, 0.6) is 11.5 Å². The fraction of sp³-hybridized carbons (Fsp3) is 0.545. The second-order valence-electron chi connectivity index (χ2n) is 7.34. The topological polar surface area (TPSA) is 92.9 Å². The van der Waals surface area contributed by atoms with E-state index in [1.165, 1.54) is 0 Å². The van der Waals surface area contributed by atoms with E-state index in [2.05, 4.69) is 22.1 Å². The number of morpholine rings is 1. The highest BCUT2D eigenvalue weighted by Crippen LogP contribution is 2.34. The Morgan fingerprint density at radius 3 is 2.80 bits per heavy atom. The molecule has 1 fully saturated rings. The second-order valence-corrected chi connectivity index (χ2v) is 7.34. The smallest absolute Gasteiger partial charge is 0.261 e. The molecule has 3 rings (SSSR count). The summed E-state index contributed by atoms with van der Waals surface area (Å²) in [5.74, 6) is 0.674. The van der Waals surface area contributed by atoms with Gasteiger partial charge in [0.15, 0.2) is 11.5 Å². The van der Waals surface area contributed by atoms with E-state index in [1.807, 2.05) is 6.07 Å². The lowest BCUT2D eigenvalue weighted by Gasteiger charge is -2.26. The van der Waals surface area contributed by atoms with Crippen molar-refractivity contribution in [2.24, 2.45) is 0 Å². The van der Waals surface area contributed by atoms with Crippen LogP contribution in [0.3, 0.4) is 0 Å². The summed E-state index contributed by atoms with van der Waals surface area (Å²) in [6.07, 6.45) is 3.08. The zero-order valence-electron chi connectivity index (χ0n) is 17.8. The predicted octanol–water partition coefficient (Wildman–Crippen LogP) is 2.17. The van der Waals surface area contributed by atoms with E-state index < -0.39 is 5.56 Å². The summed E-state index contributed by atoms with van der Waals surface area (Å²) >= 11 is 0. The number of aromatic amines is 1. The molecular weight excluding hydrogens is 386 g/mol. The average molecular weight is 418 g/mol. The van der Waals surface area contributed by atoms with Gasteiger partial charge in [-0.2, -0.15) is 0 Å². The van der Waals surface area contributed by atoms with Crippen LogP contribution in [0.2, 0.25) is 0 Å². The van der Waals surface area contributed by atoms with Crippen LogP contribution in [0.15, 0.2) is 23.0 Å². The van der Waals surface area contributed by atoms with Crippen LogP contribution in [0.1, 0.15) is 36.5 Å². The van der Waals surface area contributed by atoms with Gasteiger partial charge in [0, 0.05) is 31.6 Å². The van der Waals surface area contributed by atoms with Crippen LogP contribution in [-0.2, 0) is 4.74 Å². The normalized spacial score (nSPS) is 14.6. The first-order chi connectivity index (χ1) is 14.6. The zero-order chi connectivity index (χ0) is 21.3. The van der Waals surface area contributed by atoms with Gasteiger partial charge in [-0.3, -0.25) is 14.5 Å². The number of nitrogens with one attached hydrogen (secondary N) is 2. The van der Waals surface area contributed by atoms with Gasteiger partial charge in [-0.05, 0) is 24.6 Å². The summed E-state index contributed by atoms with van der Waals surface area (Å²) in [7, 11) is 1.56. The molecule has 164 valence electrons. The largest absolute Gasteiger partial charge is 0.493 e. The molecule has 1 aromatic heterocycles. The number of carbonyl (C=O) groups is 1. The van der Waals surface area contributed by atoms with Crippen molar-refractivity contribution in [3.63, 3.8) is 0 Å². The van der Waals surface area contributed by atoms with E-state index in [1.54, 1.807) is 19.2 Å². The lowest BCUT2D eigenvalue weighted by molar-refractivity contribution is 0.0383. The summed E-state index contributed by atoms with van der Waals surface area (Å²) in [6.45, 7) is 7.01. The molecule has 0 atom stereocenters. The molecule has 2 heterocycles.